The Labute approximate surface area is 121 Å². The van der Waals surface area contributed by atoms with Crippen LogP contribution in [0.2, 0.25) is 0 Å². The number of halogens is 1. The summed E-state index contributed by atoms with van der Waals surface area (Å²) in [6.45, 7) is 0.120. The van der Waals surface area contributed by atoms with Crippen LogP contribution in [0.4, 0.5) is 4.39 Å². The number of hydrogen-bond acceptors (Lipinski definition) is 3. The van der Waals surface area contributed by atoms with E-state index in [0.717, 1.165) is 5.69 Å². The van der Waals surface area contributed by atoms with E-state index in [1.165, 1.54) is 24.3 Å². The average Bonchev–Trinajstić information content (AvgIpc) is 2.97. The van der Waals surface area contributed by atoms with Crippen LogP contribution in [0.1, 0.15) is 5.69 Å². The van der Waals surface area contributed by atoms with Gasteiger partial charge < -0.3 is 20.1 Å². The van der Waals surface area contributed by atoms with Gasteiger partial charge in [-0.1, -0.05) is 0 Å². The van der Waals surface area contributed by atoms with E-state index in [0.29, 0.717) is 5.75 Å². The molecule has 112 valence electrons. The molecule has 1 aromatic heterocycles. The Hall–Kier alpha value is -2.34. The van der Waals surface area contributed by atoms with E-state index in [1.807, 2.05) is 12.1 Å². The summed E-state index contributed by atoms with van der Waals surface area (Å²) in [5.41, 5.74) is 0.810. The molecule has 0 aliphatic rings. The summed E-state index contributed by atoms with van der Waals surface area (Å²) in [4.78, 5) is 14.5. The van der Waals surface area contributed by atoms with Crippen molar-refractivity contribution >= 4 is 5.91 Å². The number of nitrogens with one attached hydrogen (secondary N) is 2. The minimum atomic E-state index is -0.831. The predicted molar refractivity (Wildman–Crippen MR) is 75.4 cm³/mol. The highest BCUT2D eigenvalue weighted by Crippen LogP contribution is 2.11. The SMILES string of the molecule is O=C(Cc1ccc[nH]1)NCC(O)COc1ccc(F)cc1. The topological polar surface area (TPSA) is 74.4 Å². The number of aliphatic hydroxyl groups is 1. The first-order valence-corrected chi connectivity index (χ1v) is 6.59. The van der Waals surface area contributed by atoms with Gasteiger partial charge in [-0.05, 0) is 36.4 Å². The molecule has 2 aromatic rings. The summed E-state index contributed by atoms with van der Waals surface area (Å²) in [5, 5.41) is 12.3. The molecule has 1 amide bonds. The number of aromatic nitrogens is 1. The highest BCUT2D eigenvalue weighted by molar-refractivity contribution is 5.78. The number of ether oxygens (including phenoxy) is 1. The Morgan fingerprint density at radius 3 is 2.76 bits per heavy atom. The van der Waals surface area contributed by atoms with E-state index in [9.17, 15) is 14.3 Å². The minimum absolute atomic E-state index is 0.0222. The molecule has 6 heteroatoms. The maximum atomic E-state index is 12.7. The lowest BCUT2D eigenvalue weighted by molar-refractivity contribution is -0.121. The van der Waals surface area contributed by atoms with Gasteiger partial charge in [-0.3, -0.25) is 4.79 Å². The molecular weight excluding hydrogens is 275 g/mol. The van der Waals surface area contributed by atoms with Crippen molar-refractivity contribution in [2.75, 3.05) is 13.2 Å². The first-order valence-electron chi connectivity index (χ1n) is 6.59. The quantitative estimate of drug-likeness (QED) is 0.719. The highest BCUT2D eigenvalue weighted by atomic mass is 19.1. The van der Waals surface area contributed by atoms with Crippen molar-refractivity contribution in [1.82, 2.24) is 10.3 Å². The summed E-state index contributed by atoms with van der Waals surface area (Å²) in [7, 11) is 0. The summed E-state index contributed by atoms with van der Waals surface area (Å²) in [6.07, 6.45) is 1.15. The zero-order valence-corrected chi connectivity index (χ0v) is 11.4. The standard InChI is InChI=1S/C15H17FN2O3/c16-11-3-5-14(6-4-11)21-10-13(19)9-18-15(20)8-12-2-1-7-17-12/h1-7,13,17,19H,8-10H2,(H,18,20). The van der Waals surface area contributed by atoms with E-state index >= 15 is 0 Å². The molecule has 0 saturated carbocycles. The van der Waals surface area contributed by atoms with Gasteiger partial charge in [-0.25, -0.2) is 4.39 Å². The van der Waals surface area contributed by atoms with Gasteiger partial charge in [-0.2, -0.15) is 0 Å². The summed E-state index contributed by atoms with van der Waals surface area (Å²) in [5.74, 6) is -0.0640. The third kappa shape index (κ3) is 5.27. The lowest BCUT2D eigenvalue weighted by Gasteiger charge is -2.13. The van der Waals surface area contributed by atoms with E-state index in [1.54, 1.807) is 6.20 Å². The largest absolute Gasteiger partial charge is 0.491 e. The Bertz CT molecular complexity index is 555. The van der Waals surface area contributed by atoms with Gasteiger partial charge in [0.15, 0.2) is 0 Å². The van der Waals surface area contributed by atoms with Crippen molar-refractivity contribution in [3.8, 4) is 5.75 Å². The fraction of sp³-hybridized carbons (Fsp3) is 0.267. The molecule has 0 radical (unpaired) electrons. The van der Waals surface area contributed by atoms with E-state index in [-0.39, 0.29) is 31.3 Å². The van der Waals surface area contributed by atoms with Crippen LogP contribution in [-0.4, -0.2) is 35.3 Å². The monoisotopic (exact) mass is 292 g/mol. The Balaban J connectivity index is 1.66. The maximum absolute atomic E-state index is 12.7. The van der Waals surface area contributed by atoms with Crippen molar-refractivity contribution in [3.05, 3.63) is 54.1 Å². The number of benzene rings is 1. The number of amides is 1. The molecule has 0 spiro atoms. The number of rotatable bonds is 7. The van der Waals surface area contributed by atoms with E-state index < -0.39 is 6.10 Å². The lowest BCUT2D eigenvalue weighted by atomic mass is 10.3. The number of H-pyrrole nitrogens is 1. The second-order valence-corrected chi connectivity index (χ2v) is 4.59. The van der Waals surface area contributed by atoms with Gasteiger partial charge in [0.05, 0.1) is 6.42 Å². The second kappa shape index (κ2) is 7.44. The summed E-state index contributed by atoms with van der Waals surface area (Å²) in [6, 6.07) is 9.14. The van der Waals surface area contributed by atoms with Crippen molar-refractivity contribution in [2.24, 2.45) is 0 Å². The van der Waals surface area contributed by atoms with Gasteiger partial charge in [0.1, 0.15) is 24.3 Å². The normalized spacial score (nSPS) is 11.9. The molecule has 0 aliphatic heterocycles. The molecule has 1 unspecified atom stereocenters. The van der Waals surface area contributed by atoms with Crippen LogP contribution in [0.15, 0.2) is 42.6 Å². The second-order valence-electron chi connectivity index (χ2n) is 4.59. The van der Waals surface area contributed by atoms with Crippen LogP contribution in [0, 0.1) is 5.82 Å². The fourth-order valence-electron chi connectivity index (χ4n) is 1.73. The van der Waals surface area contributed by atoms with Gasteiger partial charge in [0.25, 0.3) is 0 Å². The molecule has 0 fully saturated rings. The molecule has 21 heavy (non-hydrogen) atoms. The Morgan fingerprint density at radius 1 is 1.33 bits per heavy atom. The Kier molecular flexibility index (Phi) is 5.34. The molecule has 1 atom stereocenters. The highest BCUT2D eigenvalue weighted by Gasteiger charge is 2.09. The van der Waals surface area contributed by atoms with Crippen LogP contribution in [0.5, 0.6) is 5.75 Å². The zero-order chi connectivity index (χ0) is 15.1. The number of aliphatic hydroxyl groups excluding tert-OH is 1. The van der Waals surface area contributed by atoms with Crippen LogP contribution < -0.4 is 10.1 Å². The van der Waals surface area contributed by atoms with Crippen molar-refractivity contribution < 1.29 is 19.0 Å². The Morgan fingerprint density at radius 2 is 2.10 bits per heavy atom. The molecule has 2 rings (SSSR count). The average molecular weight is 292 g/mol. The third-order valence-electron chi connectivity index (χ3n) is 2.80. The number of carbonyl (C=O) groups is 1. The zero-order valence-electron chi connectivity index (χ0n) is 11.4. The van der Waals surface area contributed by atoms with Gasteiger partial charge in [0, 0.05) is 18.4 Å². The first-order chi connectivity index (χ1) is 10.1. The molecule has 5 nitrogen and oxygen atoms in total. The number of hydrogen-bond donors (Lipinski definition) is 3. The van der Waals surface area contributed by atoms with Crippen molar-refractivity contribution in [3.63, 3.8) is 0 Å². The first kappa shape index (κ1) is 15.1. The minimum Gasteiger partial charge on any atom is -0.491 e. The molecule has 0 aliphatic carbocycles. The molecule has 1 aromatic carbocycles. The van der Waals surface area contributed by atoms with Gasteiger partial charge in [-0.15, -0.1) is 0 Å². The van der Waals surface area contributed by atoms with Gasteiger partial charge in [0.2, 0.25) is 5.91 Å². The number of carbonyl (C=O) groups excluding carboxylic acids is 1. The predicted octanol–water partition coefficient (Wildman–Crippen LogP) is 1.25. The van der Waals surface area contributed by atoms with Crippen LogP contribution >= 0.6 is 0 Å². The molecule has 3 N–H and O–H groups in total. The molecule has 0 saturated heterocycles. The van der Waals surface area contributed by atoms with Crippen molar-refractivity contribution in [1.29, 1.82) is 0 Å². The molecule has 1 heterocycles. The fourth-order valence-corrected chi connectivity index (χ4v) is 1.73. The summed E-state index contributed by atoms with van der Waals surface area (Å²) < 4.78 is 18.0. The molecule has 0 bridgehead atoms. The molecular formula is C15H17FN2O3. The van der Waals surface area contributed by atoms with E-state index in [2.05, 4.69) is 10.3 Å². The third-order valence-corrected chi connectivity index (χ3v) is 2.80. The van der Waals surface area contributed by atoms with Crippen LogP contribution in [0.25, 0.3) is 0 Å². The summed E-state index contributed by atoms with van der Waals surface area (Å²) >= 11 is 0. The van der Waals surface area contributed by atoms with Gasteiger partial charge >= 0.3 is 0 Å². The van der Waals surface area contributed by atoms with E-state index in [4.69, 9.17) is 4.74 Å². The van der Waals surface area contributed by atoms with Crippen LogP contribution in [0.3, 0.4) is 0 Å². The lowest BCUT2D eigenvalue weighted by Crippen LogP contribution is -2.36. The smallest absolute Gasteiger partial charge is 0.226 e. The van der Waals surface area contributed by atoms with Crippen LogP contribution in [-0.2, 0) is 11.2 Å². The number of aromatic amines is 1. The van der Waals surface area contributed by atoms with Crippen molar-refractivity contribution in [2.45, 2.75) is 12.5 Å². The maximum Gasteiger partial charge on any atom is 0.226 e.